The van der Waals surface area contributed by atoms with E-state index in [1.807, 2.05) is 19.1 Å². The fourth-order valence-corrected chi connectivity index (χ4v) is 2.04. The third-order valence-electron chi connectivity index (χ3n) is 2.63. The van der Waals surface area contributed by atoms with Gasteiger partial charge < -0.3 is 14.5 Å². The summed E-state index contributed by atoms with van der Waals surface area (Å²) in [5.41, 5.74) is 0.494. The third-order valence-corrected chi connectivity index (χ3v) is 3.12. The minimum atomic E-state index is -0.196. The van der Waals surface area contributed by atoms with Crippen molar-refractivity contribution in [3.05, 3.63) is 51.9 Å². The molecule has 4 nitrogen and oxygen atoms in total. The molecule has 0 aliphatic rings. The monoisotopic (exact) mass is 323 g/mol. The van der Waals surface area contributed by atoms with E-state index >= 15 is 0 Å². The number of hydrogen-bond acceptors (Lipinski definition) is 3. The van der Waals surface area contributed by atoms with Crippen molar-refractivity contribution in [3.8, 4) is 5.75 Å². The van der Waals surface area contributed by atoms with E-state index in [9.17, 15) is 4.79 Å². The summed E-state index contributed by atoms with van der Waals surface area (Å²) in [4.78, 5) is 12.1. The van der Waals surface area contributed by atoms with E-state index in [1.54, 1.807) is 18.2 Å². The number of nitrogens with one attached hydrogen (secondary N) is 1. The zero-order valence-corrected chi connectivity index (χ0v) is 12.3. The molecule has 0 fully saturated rings. The summed E-state index contributed by atoms with van der Waals surface area (Å²) in [5.74, 6) is 1.88. The molecule has 1 amide bonds. The molecular formula is C14H14BrNO3. The average Bonchev–Trinajstić information content (AvgIpc) is 2.81. The number of amides is 1. The smallest absolute Gasteiger partial charge is 0.255 e. The number of halogens is 1. The van der Waals surface area contributed by atoms with E-state index in [4.69, 9.17) is 9.15 Å². The van der Waals surface area contributed by atoms with Gasteiger partial charge in [0.05, 0.1) is 19.2 Å². The second-order valence-corrected chi connectivity index (χ2v) is 4.96. The maximum atomic E-state index is 12.1. The van der Waals surface area contributed by atoms with Gasteiger partial charge >= 0.3 is 0 Å². The summed E-state index contributed by atoms with van der Waals surface area (Å²) in [6.07, 6.45) is 0. The van der Waals surface area contributed by atoms with E-state index in [0.29, 0.717) is 17.9 Å². The van der Waals surface area contributed by atoms with Crippen molar-refractivity contribution in [2.24, 2.45) is 0 Å². The Morgan fingerprint density at radius 1 is 1.37 bits per heavy atom. The Kier molecular flexibility index (Phi) is 4.27. The first-order valence-corrected chi connectivity index (χ1v) is 6.56. The van der Waals surface area contributed by atoms with E-state index in [-0.39, 0.29) is 5.91 Å². The first-order valence-electron chi connectivity index (χ1n) is 5.77. The Morgan fingerprint density at radius 3 is 2.79 bits per heavy atom. The van der Waals surface area contributed by atoms with E-state index in [1.165, 1.54) is 7.11 Å². The highest BCUT2D eigenvalue weighted by Crippen LogP contribution is 2.23. The molecule has 5 heteroatoms. The molecule has 100 valence electrons. The van der Waals surface area contributed by atoms with Gasteiger partial charge in [0, 0.05) is 4.47 Å². The van der Waals surface area contributed by atoms with E-state index in [0.717, 1.165) is 16.0 Å². The molecule has 1 N–H and O–H groups in total. The number of methoxy groups -OCH3 is 1. The summed E-state index contributed by atoms with van der Waals surface area (Å²) < 4.78 is 11.4. The van der Waals surface area contributed by atoms with Gasteiger partial charge in [-0.15, -0.1) is 0 Å². The molecule has 0 atom stereocenters. The SMILES string of the molecule is COc1cc(Br)ccc1C(=O)NCc1ccc(C)o1. The van der Waals surface area contributed by atoms with Crippen LogP contribution in [-0.2, 0) is 6.54 Å². The van der Waals surface area contributed by atoms with Crippen LogP contribution in [0, 0.1) is 6.92 Å². The lowest BCUT2D eigenvalue weighted by Gasteiger charge is -2.09. The highest BCUT2D eigenvalue weighted by molar-refractivity contribution is 9.10. The molecule has 1 aromatic carbocycles. The van der Waals surface area contributed by atoms with Crippen molar-refractivity contribution in [2.45, 2.75) is 13.5 Å². The van der Waals surface area contributed by atoms with Crippen molar-refractivity contribution < 1.29 is 13.9 Å². The number of ether oxygens (including phenoxy) is 1. The zero-order valence-electron chi connectivity index (χ0n) is 10.7. The number of aryl methyl sites for hydroxylation is 1. The number of furan rings is 1. The average molecular weight is 324 g/mol. The number of carbonyl (C=O) groups excluding carboxylic acids is 1. The molecule has 0 bridgehead atoms. The summed E-state index contributed by atoms with van der Waals surface area (Å²) in [6.45, 7) is 2.22. The molecule has 0 radical (unpaired) electrons. The zero-order chi connectivity index (χ0) is 13.8. The number of benzene rings is 1. The van der Waals surface area contributed by atoms with Gasteiger partial charge in [0.1, 0.15) is 17.3 Å². The number of hydrogen-bond donors (Lipinski definition) is 1. The van der Waals surface area contributed by atoms with Gasteiger partial charge in [-0.05, 0) is 37.3 Å². The largest absolute Gasteiger partial charge is 0.496 e. The number of carbonyl (C=O) groups is 1. The molecule has 1 aromatic heterocycles. The molecule has 0 spiro atoms. The van der Waals surface area contributed by atoms with Crippen molar-refractivity contribution in [3.63, 3.8) is 0 Å². The maximum Gasteiger partial charge on any atom is 0.255 e. The van der Waals surface area contributed by atoms with Crippen LogP contribution in [0.2, 0.25) is 0 Å². The van der Waals surface area contributed by atoms with Crippen LogP contribution in [0.3, 0.4) is 0 Å². The molecule has 1 heterocycles. The van der Waals surface area contributed by atoms with Crippen molar-refractivity contribution in [2.75, 3.05) is 7.11 Å². The van der Waals surface area contributed by atoms with Crippen LogP contribution in [0.1, 0.15) is 21.9 Å². The van der Waals surface area contributed by atoms with Crippen LogP contribution < -0.4 is 10.1 Å². The van der Waals surface area contributed by atoms with Gasteiger partial charge in [0.2, 0.25) is 0 Å². The van der Waals surface area contributed by atoms with Crippen molar-refractivity contribution in [1.29, 1.82) is 0 Å². The molecule has 19 heavy (non-hydrogen) atoms. The van der Waals surface area contributed by atoms with Gasteiger partial charge in [-0.3, -0.25) is 4.79 Å². The van der Waals surface area contributed by atoms with E-state index in [2.05, 4.69) is 21.2 Å². The number of rotatable bonds is 4. The Morgan fingerprint density at radius 2 is 2.16 bits per heavy atom. The van der Waals surface area contributed by atoms with Crippen molar-refractivity contribution >= 4 is 21.8 Å². The first-order chi connectivity index (χ1) is 9.10. The molecule has 0 unspecified atom stereocenters. The fraction of sp³-hybridized carbons (Fsp3) is 0.214. The Hall–Kier alpha value is -1.75. The molecule has 2 rings (SSSR count). The second-order valence-electron chi connectivity index (χ2n) is 4.04. The predicted molar refractivity (Wildman–Crippen MR) is 75.3 cm³/mol. The standard InChI is InChI=1S/C14H14BrNO3/c1-9-3-5-11(19-9)8-16-14(17)12-6-4-10(15)7-13(12)18-2/h3-7H,8H2,1-2H3,(H,16,17). The van der Waals surface area contributed by atoms with Gasteiger partial charge in [0.15, 0.2) is 0 Å². The van der Waals surface area contributed by atoms with Gasteiger partial charge in [-0.25, -0.2) is 0 Å². The molecule has 0 saturated heterocycles. The summed E-state index contributed by atoms with van der Waals surface area (Å²) >= 11 is 3.34. The predicted octanol–water partition coefficient (Wildman–Crippen LogP) is 3.29. The lowest BCUT2D eigenvalue weighted by molar-refractivity contribution is 0.0945. The van der Waals surface area contributed by atoms with Crippen LogP contribution in [0.25, 0.3) is 0 Å². The lowest BCUT2D eigenvalue weighted by atomic mass is 10.2. The van der Waals surface area contributed by atoms with Crippen molar-refractivity contribution in [1.82, 2.24) is 5.32 Å². The third kappa shape index (κ3) is 3.38. The Bertz CT molecular complexity index is 592. The summed E-state index contributed by atoms with van der Waals surface area (Å²) in [6, 6.07) is 8.97. The summed E-state index contributed by atoms with van der Waals surface area (Å²) in [5, 5.41) is 2.79. The molecule has 0 aliphatic carbocycles. The highest BCUT2D eigenvalue weighted by Gasteiger charge is 2.12. The molecule has 0 aliphatic heterocycles. The maximum absolute atomic E-state index is 12.1. The van der Waals surface area contributed by atoms with Crippen LogP contribution in [0.4, 0.5) is 0 Å². The summed E-state index contributed by atoms with van der Waals surface area (Å²) in [7, 11) is 1.54. The van der Waals surface area contributed by atoms with Gasteiger partial charge in [-0.2, -0.15) is 0 Å². The van der Waals surface area contributed by atoms with Gasteiger partial charge in [-0.1, -0.05) is 15.9 Å². The Balaban J connectivity index is 2.07. The topological polar surface area (TPSA) is 51.5 Å². The molecular weight excluding hydrogens is 310 g/mol. The highest BCUT2D eigenvalue weighted by atomic mass is 79.9. The minimum Gasteiger partial charge on any atom is -0.496 e. The normalized spacial score (nSPS) is 10.3. The fourth-order valence-electron chi connectivity index (χ4n) is 1.70. The van der Waals surface area contributed by atoms with E-state index < -0.39 is 0 Å². The first kappa shape index (κ1) is 13.7. The minimum absolute atomic E-state index is 0.196. The lowest BCUT2D eigenvalue weighted by Crippen LogP contribution is -2.23. The molecule has 2 aromatic rings. The second kappa shape index (κ2) is 5.93. The van der Waals surface area contributed by atoms with Crippen LogP contribution >= 0.6 is 15.9 Å². The Labute approximate surface area is 119 Å². The van der Waals surface area contributed by atoms with Crippen LogP contribution in [0.5, 0.6) is 5.75 Å². The molecule has 0 saturated carbocycles. The van der Waals surface area contributed by atoms with Crippen LogP contribution in [0.15, 0.2) is 39.2 Å². The quantitative estimate of drug-likeness (QED) is 0.939. The van der Waals surface area contributed by atoms with Gasteiger partial charge in [0.25, 0.3) is 5.91 Å². The van der Waals surface area contributed by atoms with Crippen LogP contribution in [-0.4, -0.2) is 13.0 Å².